The second kappa shape index (κ2) is 10.4. The van der Waals surface area contributed by atoms with Crippen LogP contribution in [-0.4, -0.2) is 17.0 Å². The second-order valence-corrected chi connectivity index (χ2v) is 10.3. The van der Waals surface area contributed by atoms with E-state index in [1.54, 1.807) is 51.1 Å². The Hall–Kier alpha value is -3.57. The van der Waals surface area contributed by atoms with E-state index in [2.05, 4.69) is 18.6 Å². The van der Waals surface area contributed by atoms with Crippen LogP contribution >= 0.6 is 11.3 Å². The predicted molar refractivity (Wildman–Crippen MR) is 133 cm³/mol. The molecule has 0 aliphatic heterocycles. The van der Waals surface area contributed by atoms with Gasteiger partial charge in [0.1, 0.15) is 22.1 Å². The molecule has 0 spiro atoms. The summed E-state index contributed by atoms with van der Waals surface area (Å²) >= 11 is 1.04. The maximum absolute atomic E-state index is 13.5. The van der Waals surface area contributed by atoms with Gasteiger partial charge in [-0.2, -0.15) is 14.0 Å². The Kier molecular flexibility index (Phi) is 7.71. The van der Waals surface area contributed by atoms with Crippen molar-refractivity contribution < 1.29 is 18.3 Å². The molecule has 0 unspecified atom stereocenters. The van der Waals surface area contributed by atoms with Gasteiger partial charge in [-0.1, -0.05) is 58.9 Å². The van der Waals surface area contributed by atoms with E-state index in [4.69, 9.17) is 0 Å². The van der Waals surface area contributed by atoms with Gasteiger partial charge in [-0.05, 0) is 47.4 Å². The molecule has 0 bridgehead atoms. The Bertz CT molecular complexity index is 1440. The third-order valence-electron chi connectivity index (χ3n) is 5.28. The number of ketones is 1. The number of rotatable bonds is 6. The molecule has 0 saturated heterocycles. The van der Waals surface area contributed by atoms with Gasteiger partial charge < -0.3 is 4.74 Å². The molecule has 5 nitrogen and oxygen atoms in total. The number of carbonyl (C=O) groups excluding carboxylic acids is 1. The van der Waals surface area contributed by atoms with Crippen molar-refractivity contribution in [1.82, 2.24) is 4.57 Å². The molecular weight excluding hydrogens is 470 g/mol. The van der Waals surface area contributed by atoms with E-state index in [1.807, 2.05) is 18.2 Å². The Morgan fingerprint density at radius 1 is 1.09 bits per heavy atom. The molecule has 0 radical (unpaired) electrons. The summed E-state index contributed by atoms with van der Waals surface area (Å²) in [5.41, 5.74) is 0.922. The standard InChI is InChI=1S/C27H26F2N2O3S/c1-16(2)18-8-10-19(11-9-18)31-24(33)22(14-17-6-12-20(13-7-17)34-26(28)29)35-25(31)21(15-30)23(32)27(3,4)5/h6-14,16,26H,1-5H3/b22-14+,25-21-. The fraction of sp³-hybridized carbons (Fsp3) is 0.296. The Balaban J connectivity index is 2.29. The first-order chi connectivity index (χ1) is 16.4. The molecule has 0 atom stereocenters. The molecule has 3 rings (SSSR count). The molecule has 35 heavy (non-hydrogen) atoms. The molecule has 182 valence electrons. The van der Waals surface area contributed by atoms with Crippen LogP contribution in [0, 0.1) is 16.7 Å². The third-order valence-corrected chi connectivity index (χ3v) is 6.37. The number of halogens is 2. The van der Waals surface area contributed by atoms with Crippen molar-refractivity contribution in [3.63, 3.8) is 0 Å². The highest BCUT2D eigenvalue weighted by molar-refractivity contribution is 7.07. The van der Waals surface area contributed by atoms with Crippen molar-refractivity contribution in [2.75, 3.05) is 0 Å². The van der Waals surface area contributed by atoms with Gasteiger partial charge in [0.15, 0.2) is 5.78 Å². The Morgan fingerprint density at radius 3 is 2.17 bits per heavy atom. The second-order valence-electron chi connectivity index (χ2n) is 9.32. The van der Waals surface area contributed by atoms with Crippen LogP contribution in [0.2, 0.25) is 0 Å². The molecular formula is C27H26F2N2O3S. The van der Waals surface area contributed by atoms with E-state index in [0.29, 0.717) is 21.7 Å². The van der Waals surface area contributed by atoms with Crippen LogP contribution in [0.25, 0.3) is 17.3 Å². The molecule has 8 heteroatoms. The molecule has 0 aliphatic carbocycles. The van der Waals surface area contributed by atoms with Crippen molar-refractivity contribution in [3.8, 4) is 17.5 Å². The maximum Gasteiger partial charge on any atom is 0.387 e. The van der Waals surface area contributed by atoms with Crippen molar-refractivity contribution in [2.45, 2.75) is 47.1 Å². The minimum atomic E-state index is -2.93. The van der Waals surface area contributed by atoms with Gasteiger partial charge in [0.05, 0.1) is 10.2 Å². The van der Waals surface area contributed by atoms with Crippen LogP contribution in [0.15, 0.2) is 53.3 Å². The zero-order chi connectivity index (χ0) is 25.9. The van der Waals surface area contributed by atoms with Crippen LogP contribution in [0.5, 0.6) is 5.75 Å². The van der Waals surface area contributed by atoms with E-state index in [1.165, 1.54) is 16.7 Å². The van der Waals surface area contributed by atoms with Gasteiger partial charge in [0.25, 0.3) is 5.56 Å². The SMILES string of the molecule is CC(C)c1ccc(-n2c(=O)/c(=C\c3ccc(OC(F)F)cc3)s/c2=C(/C#N)C(=O)C(C)(C)C)cc1. The molecule has 0 N–H and O–H groups in total. The average molecular weight is 497 g/mol. The zero-order valence-electron chi connectivity index (χ0n) is 20.1. The number of aromatic nitrogens is 1. The van der Waals surface area contributed by atoms with Crippen molar-refractivity contribution >= 4 is 28.8 Å². The van der Waals surface area contributed by atoms with Crippen molar-refractivity contribution in [2.24, 2.45) is 5.41 Å². The van der Waals surface area contributed by atoms with Gasteiger partial charge in [0, 0.05) is 5.41 Å². The summed E-state index contributed by atoms with van der Waals surface area (Å²) in [7, 11) is 0. The number of benzene rings is 2. The quantitative estimate of drug-likeness (QED) is 0.494. The lowest BCUT2D eigenvalue weighted by Gasteiger charge is -2.15. The fourth-order valence-corrected chi connectivity index (χ4v) is 4.46. The Labute approximate surface area is 206 Å². The lowest BCUT2D eigenvalue weighted by Crippen LogP contribution is -2.33. The first-order valence-electron chi connectivity index (χ1n) is 11.0. The van der Waals surface area contributed by atoms with Crippen LogP contribution in [0.3, 0.4) is 0 Å². The molecule has 2 aromatic carbocycles. The topological polar surface area (TPSA) is 72.1 Å². The number of nitrogens with zero attached hydrogens (tertiary/aromatic N) is 2. The smallest absolute Gasteiger partial charge is 0.387 e. The molecule has 0 aliphatic rings. The summed E-state index contributed by atoms with van der Waals surface area (Å²) in [6.07, 6.45) is 1.60. The summed E-state index contributed by atoms with van der Waals surface area (Å²) in [4.78, 5) is 26.6. The highest BCUT2D eigenvalue weighted by Crippen LogP contribution is 2.21. The van der Waals surface area contributed by atoms with Crippen LogP contribution < -0.4 is 19.5 Å². The summed E-state index contributed by atoms with van der Waals surface area (Å²) < 4.78 is 31.2. The maximum atomic E-state index is 13.5. The molecule has 1 heterocycles. The summed E-state index contributed by atoms with van der Waals surface area (Å²) in [5, 5.41) is 9.89. The van der Waals surface area contributed by atoms with E-state index in [-0.39, 0.29) is 27.3 Å². The number of Topliss-reactive ketones (excluding diaryl/α,β-unsaturated/α-hetero) is 1. The highest BCUT2D eigenvalue weighted by Gasteiger charge is 2.27. The summed E-state index contributed by atoms with van der Waals surface area (Å²) in [5.74, 6) is -0.0660. The lowest BCUT2D eigenvalue weighted by molar-refractivity contribution is -0.120. The molecule has 1 aromatic heterocycles. The van der Waals surface area contributed by atoms with E-state index >= 15 is 0 Å². The molecule has 0 saturated carbocycles. The van der Waals surface area contributed by atoms with Gasteiger partial charge in [0.2, 0.25) is 0 Å². The summed E-state index contributed by atoms with van der Waals surface area (Å²) in [6, 6.07) is 15.3. The number of alkyl halides is 2. The minimum Gasteiger partial charge on any atom is -0.435 e. The molecule has 0 amide bonds. The van der Waals surface area contributed by atoms with Gasteiger partial charge in [-0.25, -0.2) is 0 Å². The molecule has 3 aromatic rings. The molecule has 0 fully saturated rings. The van der Waals surface area contributed by atoms with Gasteiger partial charge in [-0.3, -0.25) is 14.2 Å². The zero-order valence-corrected chi connectivity index (χ0v) is 21.0. The van der Waals surface area contributed by atoms with E-state index in [9.17, 15) is 23.6 Å². The van der Waals surface area contributed by atoms with Crippen molar-refractivity contribution in [1.29, 1.82) is 5.26 Å². The highest BCUT2D eigenvalue weighted by atomic mass is 32.1. The van der Waals surface area contributed by atoms with E-state index < -0.39 is 12.0 Å². The fourth-order valence-electron chi connectivity index (χ4n) is 3.36. The number of carbonyl (C=O) groups is 1. The van der Waals surface area contributed by atoms with Crippen LogP contribution in [0.1, 0.15) is 51.7 Å². The average Bonchev–Trinajstić information content (AvgIpc) is 3.10. The number of hydrogen-bond acceptors (Lipinski definition) is 5. The lowest BCUT2D eigenvalue weighted by atomic mass is 9.87. The number of nitriles is 1. The first-order valence-corrected chi connectivity index (χ1v) is 11.8. The van der Waals surface area contributed by atoms with Gasteiger partial charge >= 0.3 is 6.61 Å². The predicted octanol–water partition coefficient (Wildman–Crippen LogP) is 4.74. The Morgan fingerprint density at radius 2 is 1.69 bits per heavy atom. The van der Waals surface area contributed by atoms with Crippen molar-refractivity contribution in [3.05, 3.63) is 79.2 Å². The normalized spacial score (nSPS) is 13.2. The number of ether oxygens (including phenoxy) is 1. The monoisotopic (exact) mass is 496 g/mol. The number of hydrogen-bond donors (Lipinski definition) is 0. The third kappa shape index (κ3) is 5.92. The van der Waals surface area contributed by atoms with E-state index in [0.717, 1.165) is 16.9 Å². The number of thiazole rings is 1. The van der Waals surface area contributed by atoms with Gasteiger partial charge in [-0.15, -0.1) is 11.3 Å². The minimum absolute atomic E-state index is 0.00236. The first kappa shape index (κ1) is 26.0. The van der Waals surface area contributed by atoms with Crippen LogP contribution in [0.4, 0.5) is 8.78 Å². The van der Waals surface area contributed by atoms with Crippen LogP contribution in [-0.2, 0) is 4.79 Å². The largest absolute Gasteiger partial charge is 0.435 e. The summed E-state index contributed by atoms with van der Waals surface area (Å²) in [6.45, 7) is 6.35.